The first-order chi connectivity index (χ1) is 12.2. The number of anilines is 1. The van der Waals surface area contributed by atoms with Gasteiger partial charge in [0, 0.05) is 6.07 Å². The SMILES string of the molecule is C[C@@]1(C(F)(F)F)Cn2c(nc(Cl)cc2=O)N1Cc1nc2ccccc2o1. The maximum absolute atomic E-state index is 13.8. The predicted octanol–water partition coefficient (Wildman–Crippen LogP) is 3.38. The molecule has 0 fully saturated rings. The van der Waals surface area contributed by atoms with Gasteiger partial charge in [-0.25, -0.2) is 9.97 Å². The van der Waals surface area contributed by atoms with Crippen LogP contribution in [0.1, 0.15) is 12.8 Å². The van der Waals surface area contributed by atoms with Crippen LogP contribution in [0.25, 0.3) is 11.1 Å². The minimum absolute atomic E-state index is 0.0874. The average Bonchev–Trinajstić information content (AvgIpc) is 3.08. The summed E-state index contributed by atoms with van der Waals surface area (Å²) in [5.74, 6) is -0.0751. The van der Waals surface area contributed by atoms with Gasteiger partial charge in [0.15, 0.2) is 11.1 Å². The molecule has 1 aliphatic rings. The molecular formula is C16H12ClF3N4O2. The van der Waals surface area contributed by atoms with Crippen molar-refractivity contribution in [3.8, 4) is 0 Å². The van der Waals surface area contributed by atoms with Crippen LogP contribution >= 0.6 is 11.6 Å². The molecule has 2 aromatic heterocycles. The first-order valence-electron chi connectivity index (χ1n) is 7.65. The van der Waals surface area contributed by atoms with Crippen LogP contribution < -0.4 is 10.5 Å². The minimum atomic E-state index is -4.62. The zero-order valence-electron chi connectivity index (χ0n) is 13.4. The van der Waals surface area contributed by atoms with Gasteiger partial charge in [0.1, 0.15) is 10.7 Å². The molecule has 0 saturated heterocycles. The van der Waals surface area contributed by atoms with E-state index in [0.717, 1.165) is 22.5 Å². The molecule has 136 valence electrons. The quantitative estimate of drug-likeness (QED) is 0.634. The van der Waals surface area contributed by atoms with Gasteiger partial charge in [-0.15, -0.1) is 0 Å². The summed E-state index contributed by atoms with van der Waals surface area (Å²) in [5, 5.41) is -0.171. The van der Waals surface area contributed by atoms with E-state index in [0.29, 0.717) is 11.1 Å². The monoisotopic (exact) mass is 384 g/mol. The Hall–Kier alpha value is -2.55. The highest BCUT2D eigenvalue weighted by atomic mass is 35.5. The molecule has 0 bridgehead atoms. The van der Waals surface area contributed by atoms with E-state index in [2.05, 4.69) is 9.97 Å². The van der Waals surface area contributed by atoms with E-state index in [4.69, 9.17) is 16.0 Å². The number of benzene rings is 1. The number of para-hydroxylation sites is 2. The van der Waals surface area contributed by atoms with Crippen molar-refractivity contribution in [1.29, 1.82) is 0 Å². The zero-order valence-corrected chi connectivity index (χ0v) is 14.2. The molecule has 1 atom stereocenters. The summed E-state index contributed by atoms with van der Waals surface area (Å²) in [6.45, 7) is 0.115. The Bertz CT molecular complexity index is 1030. The number of halogens is 4. The number of alkyl halides is 3. The Labute approximate surface area is 149 Å². The van der Waals surface area contributed by atoms with E-state index >= 15 is 0 Å². The molecule has 3 heterocycles. The summed E-state index contributed by atoms with van der Waals surface area (Å²) < 4.78 is 48.0. The Morgan fingerprint density at radius 3 is 2.73 bits per heavy atom. The number of aromatic nitrogens is 3. The molecule has 10 heteroatoms. The summed E-state index contributed by atoms with van der Waals surface area (Å²) in [6.07, 6.45) is -4.62. The maximum atomic E-state index is 13.8. The number of fused-ring (bicyclic) bond motifs is 2. The predicted molar refractivity (Wildman–Crippen MR) is 88.2 cm³/mol. The van der Waals surface area contributed by atoms with E-state index in [1.807, 2.05) is 0 Å². The first kappa shape index (κ1) is 16.9. The van der Waals surface area contributed by atoms with Crippen molar-refractivity contribution in [3.05, 3.63) is 51.7 Å². The van der Waals surface area contributed by atoms with Gasteiger partial charge >= 0.3 is 6.18 Å². The Morgan fingerprint density at radius 2 is 2.04 bits per heavy atom. The highest BCUT2D eigenvalue weighted by Gasteiger charge is 2.60. The number of rotatable bonds is 2. The number of hydrogen-bond acceptors (Lipinski definition) is 5. The van der Waals surface area contributed by atoms with Crippen LogP contribution in [0.2, 0.25) is 5.15 Å². The van der Waals surface area contributed by atoms with Crippen LogP contribution in [0.4, 0.5) is 19.1 Å². The van der Waals surface area contributed by atoms with Crippen LogP contribution in [0, 0.1) is 0 Å². The fourth-order valence-corrected chi connectivity index (χ4v) is 3.21. The lowest BCUT2D eigenvalue weighted by molar-refractivity contribution is -0.182. The van der Waals surface area contributed by atoms with Crippen LogP contribution in [0.3, 0.4) is 0 Å². The fourth-order valence-electron chi connectivity index (χ4n) is 3.05. The molecule has 0 N–H and O–H groups in total. The number of oxazole rings is 1. The average molecular weight is 385 g/mol. The lowest BCUT2D eigenvalue weighted by Crippen LogP contribution is -2.55. The summed E-state index contributed by atoms with van der Waals surface area (Å²) in [4.78, 5) is 21.2. The molecule has 26 heavy (non-hydrogen) atoms. The van der Waals surface area contributed by atoms with E-state index in [9.17, 15) is 18.0 Å². The molecule has 0 saturated carbocycles. The van der Waals surface area contributed by atoms with Gasteiger partial charge in [-0.05, 0) is 19.1 Å². The molecule has 6 nitrogen and oxygen atoms in total. The van der Waals surface area contributed by atoms with Crippen LogP contribution in [0.5, 0.6) is 0 Å². The van der Waals surface area contributed by atoms with Gasteiger partial charge < -0.3 is 9.32 Å². The third kappa shape index (κ3) is 2.45. The molecule has 0 spiro atoms. The summed E-state index contributed by atoms with van der Waals surface area (Å²) in [6, 6.07) is 7.85. The van der Waals surface area contributed by atoms with Crippen molar-refractivity contribution in [2.75, 3.05) is 4.90 Å². The lowest BCUT2D eigenvalue weighted by atomic mass is 10.0. The standard InChI is InChI=1S/C16H12ClF3N4O2/c1-15(16(18,19)20)8-23-13(25)6-11(17)22-14(23)24(15)7-12-21-9-4-2-3-5-10(9)26-12/h2-6H,7-8H2,1H3/t15-/m0/s1. The normalized spacial score (nSPS) is 20.0. The molecule has 0 unspecified atom stereocenters. The van der Waals surface area contributed by atoms with Crippen LogP contribution in [-0.2, 0) is 13.1 Å². The fraction of sp³-hybridized carbons (Fsp3) is 0.312. The molecule has 0 amide bonds. The highest BCUT2D eigenvalue weighted by molar-refractivity contribution is 6.29. The molecular weight excluding hydrogens is 373 g/mol. The third-order valence-corrected chi connectivity index (χ3v) is 4.70. The van der Waals surface area contributed by atoms with Crippen LogP contribution in [0.15, 0.2) is 39.5 Å². The third-order valence-electron chi connectivity index (χ3n) is 4.50. The number of hydrogen-bond donors (Lipinski definition) is 0. The van der Waals surface area contributed by atoms with Crippen molar-refractivity contribution in [1.82, 2.24) is 14.5 Å². The second-order valence-corrected chi connectivity index (χ2v) is 6.62. The molecule has 3 aromatic rings. The van der Waals surface area contributed by atoms with Gasteiger partial charge in [-0.3, -0.25) is 9.36 Å². The summed E-state index contributed by atoms with van der Waals surface area (Å²) >= 11 is 5.80. The summed E-state index contributed by atoms with van der Waals surface area (Å²) in [7, 11) is 0. The van der Waals surface area contributed by atoms with Gasteiger partial charge in [0.25, 0.3) is 5.56 Å². The molecule has 4 rings (SSSR count). The van der Waals surface area contributed by atoms with Crippen molar-refractivity contribution in [2.24, 2.45) is 0 Å². The smallest absolute Gasteiger partial charge is 0.413 e. The van der Waals surface area contributed by atoms with Gasteiger partial charge in [-0.2, -0.15) is 13.2 Å². The van der Waals surface area contributed by atoms with Crippen molar-refractivity contribution >= 4 is 28.6 Å². The zero-order chi connectivity index (χ0) is 18.7. The first-order valence-corrected chi connectivity index (χ1v) is 8.03. The largest absolute Gasteiger partial charge is 0.439 e. The van der Waals surface area contributed by atoms with Gasteiger partial charge in [-0.1, -0.05) is 23.7 Å². The number of nitrogens with zero attached hydrogens (tertiary/aromatic N) is 4. The van der Waals surface area contributed by atoms with E-state index < -0.39 is 23.8 Å². The van der Waals surface area contributed by atoms with E-state index in [1.165, 1.54) is 0 Å². The summed E-state index contributed by atoms with van der Waals surface area (Å²) in [5.41, 5.74) is -1.99. The second-order valence-electron chi connectivity index (χ2n) is 6.24. The Balaban J connectivity index is 1.84. The van der Waals surface area contributed by atoms with E-state index in [1.54, 1.807) is 24.3 Å². The minimum Gasteiger partial charge on any atom is -0.439 e. The van der Waals surface area contributed by atoms with E-state index in [-0.39, 0.29) is 23.5 Å². The van der Waals surface area contributed by atoms with Crippen LogP contribution in [-0.4, -0.2) is 26.3 Å². The molecule has 1 aromatic carbocycles. The Morgan fingerprint density at radius 1 is 1.31 bits per heavy atom. The lowest BCUT2D eigenvalue weighted by Gasteiger charge is -2.35. The van der Waals surface area contributed by atoms with Gasteiger partial charge in [0.05, 0.1) is 13.1 Å². The Kier molecular flexibility index (Phi) is 3.56. The molecule has 1 aliphatic heterocycles. The van der Waals surface area contributed by atoms with Crippen molar-refractivity contribution in [3.63, 3.8) is 0 Å². The topological polar surface area (TPSA) is 64.2 Å². The van der Waals surface area contributed by atoms with Crippen molar-refractivity contribution < 1.29 is 17.6 Å². The second kappa shape index (κ2) is 5.47. The maximum Gasteiger partial charge on any atom is 0.413 e. The molecule has 0 radical (unpaired) electrons. The van der Waals surface area contributed by atoms with Crippen molar-refractivity contribution in [2.45, 2.75) is 31.7 Å². The molecule has 0 aliphatic carbocycles. The highest BCUT2D eigenvalue weighted by Crippen LogP contribution is 2.44. The van der Waals surface area contributed by atoms with Gasteiger partial charge in [0.2, 0.25) is 11.8 Å².